The molecule has 0 aliphatic carbocycles. The molecule has 3 aromatic rings. The fourth-order valence-electron chi connectivity index (χ4n) is 3.50. The smallest absolute Gasteiger partial charge is 0.290 e. The number of carbonyl (C=O) groups is 1. The molecule has 1 fully saturated rings. The molecule has 0 saturated carbocycles. The standard InChI is InChI=1S/C22H19F2NO4/c23-15-4-1-3-14(9-15)12-25(13-17-5-2-8-28-17)22(27)21-11-19(26)18-10-16(24)6-7-20(18)29-21/h1,3-4,6-7,9-11,17H,2,5,8,12-13H2/t17-/m0/s1. The lowest BCUT2D eigenvalue weighted by Crippen LogP contribution is -2.37. The maximum absolute atomic E-state index is 13.6. The Morgan fingerprint density at radius 3 is 2.69 bits per heavy atom. The van der Waals surface area contributed by atoms with E-state index in [2.05, 4.69) is 0 Å². The van der Waals surface area contributed by atoms with Gasteiger partial charge in [-0.2, -0.15) is 0 Å². The van der Waals surface area contributed by atoms with Crippen molar-refractivity contribution in [2.45, 2.75) is 25.5 Å². The Hall–Kier alpha value is -3.06. The Morgan fingerprint density at radius 2 is 1.93 bits per heavy atom. The summed E-state index contributed by atoms with van der Waals surface area (Å²) in [4.78, 5) is 27.0. The molecule has 1 amide bonds. The highest BCUT2D eigenvalue weighted by molar-refractivity contribution is 5.93. The molecule has 1 atom stereocenters. The number of fused-ring (bicyclic) bond motifs is 1. The van der Waals surface area contributed by atoms with Crippen molar-refractivity contribution < 1.29 is 22.7 Å². The van der Waals surface area contributed by atoms with Gasteiger partial charge in [-0.1, -0.05) is 12.1 Å². The van der Waals surface area contributed by atoms with E-state index in [0.29, 0.717) is 18.7 Å². The number of amides is 1. The minimum absolute atomic E-state index is 0.0670. The van der Waals surface area contributed by atoms with Gasteiger partial charge in [0, 0.05) is 25.8 Å². The summed E-state index contributed by atoms with van der Waals surface area (Å²) in [5.74, 6) is -1.61. The van der Waals surface area contributed by atoms with Crippen LogP contribution in [0.2, 0.25) is 0 Å². The van der Waals surface area contributed by atoms with E-state index in [9.17, 15) is 18.4 Å². The molecule has 0 N–H and O–H groups in total. The van der Waals surface area contributed by atoms with Crippen LogP contribution in [0.5, 0.6) is 0 Å². The molecule has 1 aliphatic heterocycles. The zero-order valence-electron chi connectivity index (χ0n) is 15.6. The zero-order valence-corrected chi connectivity index (χ0v) is 15.6. The van der Waals surface area contributed by atoms with Crippen LogP contribution >= 0.6 is 0 Å². The van der Waals surface area contributed by atoms with Crippen molar-refractivity contribution in [3.63, 3.8) is 0 Å². The second kappa shape index (κ2) is 8.13. The molecular formula is C22H19F2NO4. The van der Waals surface area contributed by atoms with Gasteiger partial charge < -0.3 is 14.1 Å². The topological polar surface area (TPSA) is 59.8 Å². The van der Waals surface area contributed by atoms with Crippen molar-refractivity contribution in [2.24, 2.45) is 0 Å². The van der Waals surface area contributed by atoms with Crippen LogP contribution in [0, 0.1) is 11.6 Å². The molecule has 0 spiro atoms. The van der Waals surface area contributed by atoms with Crippen molar-refractivity contribution in [3.05, 3.63) is 81.7 Å². The molecule has 1 aromatic heterocycles. The maximum atomic E-state index is 13.6. The summed E-state index contributed by atoms with van der Waals surface area (Å²) in [5.41, 5.74) is 0.239. The van der Waals surface area contributed by atoms with Crippen LogP contribution in [0.25, 0.3) is 11.0 Å². The van der Waals surface area contributed by atoms with Crippen molar-refractivity contribution in [3.8, 4) is 0 Å². The van der Waals surface area contributed by atoms with Crippen molar-refractivity contribution in [1.29, 1.82) is 0 Å². The Bertz CT molecular complexity index is 1110. The molecule has 29 heavy (non-hydrogen) atoms. The van der Waals surface area contributed by atoms with Crippen LogP contribution in [-0.4, -0.2) is 30.1 Å². The Morgan fingerprint density at radius 1 is 1.10 bits per heavy atom. The molecule has 2 aromatic carbocycles. The quantitative estimate of drug-likeness (QED) is 0.653. The fourth-order valence-corrected chi connectivity index (χ4v) is 3.50. The summed E-state index contributed by atoms with van der Waals surface area (Å²) in [5, 5.41) is 0.0670. The SMILES string of the molecule is O=C(c1cc(=O)c2cc(F)ccc2o1)N(Cc1cccc(F)c1)C[C@@H]1CCCO1. The molecule has 0 radical (unpaired) electrons. The zero-order chi connectivity index (χ0) is 20.4. The summed E-state index contributed by atoms with van der Waals surface area (Å²) in [6, 6.07) is 10.6. The number of rotatable bonds is 5. The monoisotopic (exact) mass is 399 g/mol. The normalized spacial score (nSPS) is 16.3. The Kier molecular flexibility index (Phi) is 5.40. The minimum Gasteiger partial charge on any atom is -0.451 e. The summed E-state index contributed by atoms with van der Waals surface area (Å²) >= 11 is 0. The average Bonchev–Trinajstić information content (AvgIpc) is 3.20. The number of ether oxygens (including phenoxy) is 1. The summed E-state index contributed by atoms with van der Waals surface area (Å²) < 4.78 is 38.2. The predicted molar refractivity (Wildman–Crippen MR) is 103 cm³/mol. The van der Waals surface area contributed by atoms with Gasteiger partial charge in [-0.15, -0.1) is 0 Å². The molecule has 5 nitrogen and oxygen atoms in total. The first-order valence-electron chi connectivity index (χ1n) is 9.38. The molecule has 0 bridgehead atoms. The van der Waals surface area contributed by atoms with E-state index in [1.165, 1.54) is 23.1 Å². The van der Waals surface area contributed by atoms with Crippen LogP contribution in [-0.2, 0) is 11.3 Å². The molecule has 7 heteroatoms. The predicted octanol–water partition coefficient (Wildman–Crippen LogP) is 3.89. The van der Waals surface area contributed by atoms with Gasteiger partial charge in [0.2, 0.25) is 0 Å². The van der Waals surface area contributed by atoms with E-state index in [4.69, 9.17) is 9.15 Å². The third-order valence-electron chi connectivity index (χ3n) is 4.90. The molecule has 150 valence electrons. The lowest BCUT2D eigenvalue weighted by Gasteiger charge is -2.25. The fraction of sp³-hybridized carbons (Fsp3) is 0.273. The van der Waals surface area contributed by atoms with Crippen molar-refractivity contribution >= 4 is 16.9 Å². The third-order valence-corrected chi connectivity index (χ3v) is 4.90. The number of benzene rings is 2. The first-order chi connectivity index (χ1) is 14.0. The van der Waals surface area contributed by atoms with Crippen LogP contribution in [0.1, 0.15) is 29.0 Å². The molecule has 0 unspecified atom stereocenters. The summed E-state index contributed by atoms with van der Waals surface area (Å²) in [6.45, 7) is 1.06. The lowest BCUT2D eigenvalue weighted by molar-refractivity contribution is 0.0484. The first kappa shape index (κ1) is 19.3. The van der Waals surface area contributed by atoms with Gasteiger partial charge in [-0.25, -0.2) is 8.78 Å². The van der Waals surface area contributed by atoms with Crippen molar-refractivity contribution in [1.82, 2.24) is 4.90 Å². The van der Waals surface area contributed by atoms with Crippen LogP contribution in [0.15, 0.2) is 57.7 Å². The highest BCUT2D eigenvalue weighted by Gasteiger charge is 2.26. The van der Waals surface area contributed by atoms with Gasteiger partial charge in [0.05, 0.1) is 11.5 Å². The van der Waals surface area contributed by atoms with Gasteiger partial charge in [-0.05, 0) is 48.7 Å². The molecule has 2 heterocycles. The second-order valence-electron chi connectivity index (χ2n) is 7.07. The van der Waals surface area contributed by atoms with E-state index in [1.807, 2.05) is 0 Å². The van der Waals surface area contributed by atoms with Crippen LogP contribution in [0.4, 0.5) is 8.78 Å². The highest BCUT2D eigenvalue weighted by atomic mass is 19.1. The largest absolute Gasteiger partial charge is 0.451 e. The number of carbonyl (C=O) groups excluding carboxylic acids is 1. The van der Waals surface area contributed by atoms with E-state index < -0.39 is 23.0 Å². The summed E-state index contributed by atoms with van der Waals surface area (Å²) in [7, 11) is 0. The minimum atomic E-state index is -0.560. The first-order valence-corrected chi connectivity index (χ1v) is 9.38. The number of hydrogen-bond acceptors (Lipinski definition) is 4. The lowest BCUT2D eigenvalue weighted by atomic mass is 10.1. The van der Waals surface area contributed by atoms with Crippen LogP contribution < -0.4 is 5.43 Å². The van der Waals surface area contributed by atoms with Gasteiger partial charge in [0.1, 0.15) is 17.2 Å². The van der Waals surface area contributed by atoms with Gasteiger partial charge in [0.25, 0.3) is 5.91 Å². The summed E-state index contributed by atoms with van der Waals surface area (Å²) in [6.07, 6.45) is 1.59. The average molecular weight is 399 g/mol. The van der Waals surface area contributed by atoms with Gasteiger partial charge >= 0.3 is 0 Å². The van der Waals surface area contributed by atoms with E-state index in [-0.39, 0.29) is 29.4 Å². The van der Waals surface area contributed by atoms with Gasteiger partial charge in [0.15, 0.2) is 11.2 Å². The number of hydrogen-bond donors (Lipinski definition) is 0. The van der Waals surface area contributed by atoms with Crippen LogP contribution in [0.3, 0.4) is 0 Å². The van der Waals surface area contributed by atoms with E-state index in [1.54, 1.807) is 12.1 Å². The number of halogens is 2. The van der Waals surface area contributed by atoms with E-state index in [0.717, 1.165) is 31.0 Å². The number of nitrogens with zero attached hydrogens (tertiary/aromatic N) is 1. The molecule has 1 saturated heterocycles. The van der Waals surface area contributed by atoms with E-state index >= 15 is 0 Å². The second-order valence-corrected chi connectivity index (χ2v) is 7.07. The molecular weight excluding hydrogens is 380 g/mol. The molecule has 1 aliphatic rings. The van der Waals surface area contributed by atoms with Crippen molar-refractivity contribution in [2.75, 3.05) is 13.2 Å². The Labute approximate surface area is 165 Å². The highest BCUT2D eigenvalue weighted by Crippen LogP contribution is 2.19. The van der Waals surface area contributed by atoms with Gasteiger partial charge in [-0.3, -0.25) is 9.59 Å². The molecule has 4 rings (SSSR count). The third kappa shape index (κ3) is 4.35. The maximum Gasteiger partial charge on any atom is 0.290 e. The Balaban J connectivity index is 1.67.